The summed E-state index contributed by atoms with van der Waals surface area (Å²) in [5.41, 5.74) is 4.97. The van der Waals surface area contributed by atoms with Crippen LogP contribution in [0.5, 0.6) is 0 Å². The zero-order valence-corrected chi connectivity index (χ0v) is 18.7. The topological polar surface area (TPSA) is 79.2 Å². The number of nitrogens with zero attached hydrogens (tertiary/aromatic N) is 2. The fourth-order valence-corrected chi connectivity index (χ4v) is 3.15. The molecule has 160 valence electrons. The molecular formula is C23H36N4O2. The largest absolute Gasteiger partial charge is 0.327 e. The summed E-state index contributed by atoms with van der Waals surface area (Å²) in [6, 6.07) is 6.00. The molecule has 6 nitrogen and oxygen atoms in total. The van der Waals surface area contributed by atoms with Gasteiger partial charge < -0.3 is 9.88 Å². The zero-order valence-electron chi connectivity index (χ0n) is 18.7. The van der Waals surface area contributed by atoms with Crippen LogP contribution in [0.3, 0.4) is 0 Å². The summed E-state index contributed by atoms with van der Waals surface area (Å²) in [4.78, 5) is 16.1. The maximum Gasteiger partial charge on any atom is 0.267 e. The maximum absolute atomic E-state index is 11.2. The first-order chi connectivity index (χ1) is 13.5. The minimum Gasteiger partial charge on any atom is -0.327 e. The van der Waals surface area contributed by atoms with Crippen molar-refractivity contribution in [1.82, 2.24) is 20.3 Å². The molecule has 0 saturated heterocycles. The lowest BCUT2D eigenvalue weighted by molar-refractivity contribution is -0.124. The lowest BCUT2D eigenvalue weighted by atomic mass is 9.92. The molecule has 1 amide bonds. The van der Waals surface area contributed by atoms with Crippen molar-refractivity contribution in [2.45, 2.75) is 60.9 Å². The molecule has 2 aromatic rings. The first-order valence-electron chi connectivity index (χ1n) is 10.3. The predicted molar refractivity (Wildman–Crippen MR) is 119 cm³/mol. The normalized spacial score (nSPS) is 12.8. The molecule has 0 aliphatic carbocycles. The molecule has 29 heavy (non-hydrogen) atoms. The van der Waals surface area contributed by atoms with Gasteiger partial charge in [-0.1, -0.05) is 47.6 Å². The Balaban J connectivity index is 2.22. The molecule has 0 aliphatic heterocycles. The second kappa shape index (κ2) is 9.55. The summed E-state index contributed by atoms with van der Waals surface area (Å²) in [5, 5.41) is 12.2. The third-order valence-electron chi connectivity index (χ3n) is 4.64. The minimum absolute atomic E-state index is 0.140. The molecule has 0 fully saturated rings. The van der Waals surface area contributed by atoms with Crippen LogP contribution in [0.25, 0.3) is 17.1 Å². The van der Waals surface area contributed by atoms with E-state index in [1.54, 1.807) is 11.6 Å². The number of rotatable bonds is 8. The van der Waals surface area contributed by atoms with Crippen LogP contribution in [0.15, 0.2) is 24.3 Å². The number of benzene rings is 1. The third-order valence-corrected chi connectivity index (χ3v) is 4.64. The van der Waals surface area contributed by atoms with E-state index >= 15 is 0 Å². The van der Waals surface area contributed by atoms with Gasteiger partial charge in [0.1, 0.15) is 5.82 Å². The Bertz CT molecular complexity index is 854. The Hall–Kier alpha value is -2.18. The number of carbonyl (C=O) groups excluding carboxylic acids is 1. The average Bonchev–Trinajstić information content (AvgIpc) is 2.93. The molecule has 0 atom stereocenters. The van der Waals surface area contributed by atoms with Gasteiger partial charge >= 0.3 is 0 Å². The number of hydrogen-bond donors (Lipinski definition) is 3. The van der Waals surface area contributed by atoms with Crippen LogP contribution in [0.1, 0.15) is 59.4 Å². The van der Waals surface area contributed by atoms with E-state index in [4.69, 9.17) is 10.2 Å². The first-order valence-corrected chi connectivity index (χ1v) is 10.3. The van der Waals surface area contributed by atoms with E-state index in [1.165, 1.54) is 6.08 Å². The number of aromatic nitrogens is 2. The molecule has 0 bridgehead atoms. The second-order valence-corrected chi connectivity index (χ2v) is 10.0. The highest BCUT2D eigenvalue weighted by molar-refractivity contribution is 5.91. The average molecular weight is 401 g/mol. The summed E-state index contributed by atoms with van der Waals surface area (Å²) >= 11 is 0. The van der Waals surface area contributed by atoms with Gasteiger partial charge in [0.25, 0.3) is 5.91 Å². The molecule has 1 heterocycles. The molecular weight excluding hydrogens is 364 g/mol. The van der Waals surface area contributed by atoms with Gasteiger partial charge in [0, 0.05) is 25.6 Å². The van der Waals surface area contributed by atoms with Gasteiger partial charge in [-0.05, 0) is 47.6 Å². The number of fused-ring (bicyclic) bond motifs is 1. The van der Waals surface area contributed by atoms with Crippen molar-refractivity contribution in [2.75, 3.05) is 13.1 Å². The molecule has 0 unspecified atom stereocenters. The van der Waals surface area contributed by atoms with Crippen LogP contribution in [0.4, 0.5) is 0 Å². The highest BCUT2D eigenvalue weighted by Crippen LogP contribution is 2.25. The first kappa shape index (κ1) is 23.1. The van der Waals surface area contributed by atoms with Crippen molar-refractivity contribution in [1.29, 1.82) is 0 Å². The summed E-state index contributed by atoms with van der Waals surface area (Å²) in [7, 11) is 0. The Morgan fingerprint density at radius 3 is 2.48 bits per heavy atom. The Morgan fingerprint density at radius 2 is 1.86 bits per heavy atom. The van der Waals surface area contributed by atoms with Crippen molar-refractivity contribution < 1.29 is 10.0 Å². The van der Waals surface area contributed by atoms with Crippen LogP contribution < -0.4 is 10.8 Å². The maximum atomic E-state index is 11.2. The minimum atomic E-state index is -0.551. The molecule has 2 rings (SSSR count). The Kier molecular flexibility index (Phi) is 7.60. The van der Waals surface area contributed by atoms with Gasteiger partial charge in [-0.2, -0.15) is 0 Å². The van der Waals surface area contributed by atoms with Crippen molar-refractivity contribution >= 4 is 23.0 Å². The van der Waals surface area contributed by atoms with Gasteiger partial charge in [-0.3, -0.25) is 10.0 Å². The van der Waals surface area contributed by atoms with Gasteiger partial charge in [0.15, 0.2) is 0 Å². The summed E-state index contributed by atoms with van der Waals surface area (Å²) in [6.07, 6.45) is 5.00. The van der Waals surface area contributed by atoms with Crippen LogP contribution in [-0.4, -0.2) is 33.8 Å². The lowest BCUT2D eigenvalue weighted by Gasteiger charge is -2.20. The zero-order chi connectivity index (χ0) is 21.7. The fraction of sp³-hybridized carbons (Fsp3) is 0.565. The fourth-order valence-electron chi connectivity index (χ4n) is 3.15. The Morgan fingerprint density at radius 1 is 1.14 bits per heavy atom. The predicted octanol–water partition coefficient (Wildman–Crippen LogP) is 4.17. The number of carbonyl (C=O) groups is 1. The number of hydroxylamine groups is 1. The Labute approximate surface area is 174 Å². The van der Waals surface area contributed by atoms with E-state index in [-0.39, 0.29) is 5.41 Å². The van der Waals surface area contributed by atoms with Gasteiger partial charge in [-0.15, -0.1) is 0 Å². The van der Waals surface area contributed by atoms with Gasteiger partial charge in [0.2, 0.25) is 0 Å². The third kappa shape index (κ3) is 7.63. The SMILES string of the molecule is CC(C)(C)CCNCCn1c(CC(C)(C)C)nc2cc(/C=C/C(=O)NO)ccc21. The van der Waals surface area contributed by atoms with Crippen LogP contribution >= 0.6 is 0 Å². The van der Waals surface area contributed by atoms with Crippen molar-refractivity contribution in [3.05, 3.63) is 35.7 Å². The summed E-state index contributed by atoms with van der Waals surface area (Å²) in [5.74, 6) is 0.532. The molecule has 6 heteroatoms. The summed E-state index contributed by atoms with van der Waals surface area (Å²) < 4.78 is 2.30. The quantitative estimate of drug-likeness (QED) is 0.269. The van der Waals surface area contributed by atoms with Crippen molar-refractivity contribution in [3.63, 3.8) is 0 Å². The molecule has 0 saturated carbocycles. The molecule has 0 aliphatic rings. The molecule has 3 N–H and O–H groups in total. The van der Waals surface area contributed by atoms with Crippen molar-refractivity contribution in [2.24, 2.45) is 10.8 Å². The molecule has 0 spiro atoms. The van der Waals surface area contributed by atoms with Crippen molar-refractivity contribution in [3.8, 4) is 0 Å². The van der Waals surface area contributed by atoms with E-state index in [0.717, 1.165) is 54.9 Å². The molecule has 0 radical (unpaired) electrons. The number of hydrogen-bond acceptors (Lipinski definition) is 4. The van der Waals surface area contributed by atoms with Crippen LogP contribution in [-0.2, 0) is 17.8 Å². The number of nitrogens with one attached hydrogen (secondary N) is 2. The van der Waals surface area contributed by atoms with Gasteiger partial charge in [-0.25, -0.2) is 10.5 Å². The molecule has 1 aromatic heterocycles. The highest BCUT2D eigenvalue weighted by atomic mass is 16.5. The van der Waals surface area contributed by atoms with E-state index in [2.05, 4.69) is 57.5 Å². The number of amides is 1. The van der Waals surface area contributed by atoms with E-state index in [1.807, 2.05) is 12.1 Å². The molecule has 1 aromatic carbocycles. The smallest absolute Gasteiger partial charge is 0.267 e. The highest BCUT2D eigenvalue weighted by Gasteiger charge is 2.18. The lowest BCUT2D eigenvalue weighted by Crippen LogP contribution is -2.25. The van der Waals surface area contributed by atoms with Gasteiger partial charge in [0.05, 0.1) is 11.0 Å². The summed E-state index contributed by atoms with van der Waals surface area (Å²) in [6.45, 7) is 16.2. The van der Waals surface area contributed by atoms with E-state index < -0.39 is 5.91 Å². The van der Waals surface area contributed by atoms with Crippen LogP contribution in [0.2, 0.25) is 0 Å². The van der Waals surface area contributed by atoms with E-state index in [9.17, 15) is 4.79 Å². The number of imidazole rings is 1. The van der Waals surface area contributed by atoms with Crippen LogP contribution in [0, 0.1) is 10.8 Å². The van der Waals surface area contributed by atoms with E-state index in [0.29, 0.717) is 5.41 Å². The second-order valence-electron chi connectivity index (χ2n) is 10.0. The standard InChI is InChI=1S/C23H36N4O2/c1-22(2,3)11-12-24-13-14-27-19-9-7-17(8-10-21(28)26-29)15-18(19)25-20(27)16-23(4,5)6/h7-10,15,24,29H,11-14,16H2,1-6H3,(H,26,28)/b10-8+. The monoisotopic (exact) mass is 400 g/mol.